The average molecular weight is 346 g/mol. The second-order valence-corrected chi connectivity index (χ2v) is 4.99. The number of ether oxygens (including phenoxy) is 4. The molecular weight excluding hydrogens is 324 g/mol. The molecule has 134 valence electrons. The first-order valence-corrected chi connectivity index (χ1v) is 7.79. The fourth-order valence-electron chi connectivity index (χ4n) is 2.30. The van der Waals surface area contributed by atoms with Crippen LogP contribution in [0.25, 0.3) is 0 Å². The molecule has 0 saturated carbocycles. The minimum Gasteiger partial charge on any atom is -0.496 e. The zero-order valence-corrected chi connectivity index (χ0v) is 14.8. The molecule has 0 fully saturated rings. The van der Waals surface area contributed by atoms with Crippen molar-refractivity contribution < 1.29 is 23.7 Å². The molecule has 1 N–H and O–H groups in total. The molecule has 1 aromatic carbocycles. The summed E-state index contributed by atoms with van der Waals surface area (Å²) in [6.45, 7) is 2.66. The van der Waals surface area contributed by atoms with Crippen LogP contribution in [0.4, 0.5) is 0 Å². The molecule has 1 aromatic heterocycles. The molecule has 0 radical (unpaired) electrons. The predicted octanol–water partition coefficient (Wildman–Crippen LogP) is 2.44. The summed E-state index contributed by atoms with van der Waals surface area (Å²) in [4.78, 5) is 16.8. The maximum absolute atomic E-state index is 12.6. The van der Waals surface area contributed by atoms with Gasteiger partial charge in [-0.25, -0.2) is 4.98 Å². The predicted molar refractivity (Wildman–Crippen MR) is 92.7 cm³/mol. The molecule has 0 atom stereocenters. The van der Waals surface area contributed by atoms with Crippen LogP contribution < -0.4 is 24.3 Å². The number of benzene rings is 1. The minimum atomic E-state index is -0.302. The van der Waals surface area contributed by atoms with Gasteiger partial charge in [-0.15, -0.1) is 0 Å². The summed E-state index contributed by atoms with van der Waals surface area (Å²) in [6, 6.07) is 6.84. The van der Waals surface area contributed by atoms with Gasteiger partial charge in [-0.3, -0.25) is 4.79 Å². The van der Waals surface area contributed by atoms with Gasteiger partial charge in [0.15, 0.2) is 11.5 Å². The van der Waals surface area contributed by atoms with E-state index in [9.17, 15) is 4.79 Å². The second kappa shape index (κ2) is 8.77. The van der Waals surface area contributed by atoms with Crippen molar-refractivity contribution in [1.29, 1.82) is 0 Å². The molecular formula is C18H22N2O5. The molecule has 1 amide bonds. The van der Waals surface area contributed by atoms with E-state index in [-0.39, 0.29) is 12.5 Å². The maximum atomic E-state index is 12.6. The van der Waals surface area contributed by atoms with Crippen LogP contribution in [0.5, 0.6) is 23.1 Å². The highest BCUT2D eigenvalue weighted by atomic mass is 16.5. The third-order valence-electron chi connectivity index (χ3n) is 3.52. The number of aromatic nitrogens is 1. The number of methoxy groups -OCH3 is 3. The van der Waals surface area contributed by atoms with Crippen molar-refractivity contribution in [2.45, 2.75) is 13.5 Å². The highest BCUT2D eigenvalue weighted by molar-refractivity contribution is 5.97. The van der Waals surface area contributed by atoms with Crippen LogP contribution in [0.3, 0.4) is 0 Å². The van der Waals surface area contributed by atoms with E-state index < -0.39 is 0 Å². The number of rotatable bonds is 8. The van der Waals surface area contributed by atoms with Crippen LogP contribution in [0.15, 0.2) is 30.5 Å². The maximum Gasteiger partial charge on any atom is 0.255 e. The minimum absolute atomic E-state index is 0.277. The van der Waals surface area contributed by atoms with Gasteiger partial charge in [0.1, 0.15) is 5.75 Å². The molecule has 7 heteroatoms. The SMILES string of the molecule is CCOc1ncccc1CNC(=O)c1cc(OC)c(OC)cc1OC. The lowest BCUT2D eigenvalue weighted by Crippen LogP contribution is -2.24. The van der Waals surface area contributed by atoms with E-state index in [1.165, 1.54) is 21.3 Å². The van der Waals surface area contributed by atoms with Crippen molar-refractivity contribution in [3.8, 4) is 23.1 Å². The first kappa shape index (κ1) is 18.4. The Morgan fingerprint density at radius 2 is 1.76 bits per heavy atom. The Kier molecular flexibility index (Phi) is 6.45. The first-order chi connectivity index (χ1) is 12.1. The molecule has 0 unspecified atom stereocenters. The van der Waals surface area contributed by atoms with Gasteiger partial charge in [0.05, 0.1) is 33.5 Å². The molecule has 7 nitrogen and oxygen atoms in total. The molecule has 2 aromatic rings. The van der Waals surface area contributed by atoms with Gasteiger partial charge in [0, 0.05) is 30.4 Å². The summed E-state index contributed by atoms with van der Waals surface area (Å²) >= 11 is 0. The summed E-state index contributed by atoms with van der Waals surface area (Å²) in [7, 11) is 4.52. The number of nitrogens with zero attached hydrogens (tertiary/aromatic N) is 1. The second-order valence-electron chi connectivity index (χ2n) is 4.99. The molecule has 0 aliphatic rings. The third kappa shape index (κ3) is 4.32. The van der Waals surface area contributed by atoms with Crippen LogP contribution >= 0.6 is 0 Å². The normalized spacial score (nSPS) is 10.1. The standard InChI is InChI=1S/C18H22N2O5/c1-5-25-18-12(7-6-8-19-18)11-20-17(21)13-9-15(23-3)16(24-4)10-14(13)22-2/h6-10H,5,11H2,1-4H3,(H,20,21). The lowest BCUT2D eigenvalue weighted by molar-refractivity contribution is 0.0947. The number of amides is 1. The van der Waals surface area contributed by atoms with E-state index in [0.717, 1.165) is 5.56 Å². The van der Waals surface area contributed by atoms with Gasteiger partial charge in [0.25, 0.3) is 5.91 Å². The van der Waals surface area contributed by atoms with Crippen molar-refractivity contribution in [1.82, 2.24) is 10.3 Å². The van der Waals surface area contributed by atoms with Crippen LogP contribution in [-0.2, 0) is 6.54 Å². The third-order valence-corrected chi connectivity index (χ3v) is 3.52. The number of carbonyl (C=O) groups is 1. The Morgan fingerprint density at radius 3 is 2.40 bits per heavy atom. The van der Waals surface area contributed by atoms with E-state index in [2.05, 4.69) is 10.3 Å². The van der Waals surface area contributed by atoms with Gasteiger partial charge >= 0.3 is 0 Å². The lowest BCUT2D eigenvalue weighted by atomic mass is 10.1. The van der Waals surface area contributed by atoms with Gasteiger partial charge in [-0.1, -0.05) is 6.07 Å². The molecule has 0 aliphatic carbocycles. The molecule has 0 bridgehead atoms. The zero-order chi connectivity index (χ0) is 18.2. The van der Waals surface area contributed by atoms with Crippen LogP contribution in [0.1, 0.15) is 22.8 Å². The zero-order valence-electron chi connectivity index (χ0n) is 14.8. The van der Waals surface area contributed by atoms with Crippen molar-refractivity contribution >= 4 is 5.91 Å². The van der Waals surface area contributed by atoms with E-state index in [1.807, 2.05) is 13.0 Å². The van der Waals surface area contributed by atoms with Crippen LogP contribution in [0, 0.1) is 0 Å². The van der Waals surface area contributed by atoms with Gasteiger partial charge < -0.3 is 24.3 Å². The Morgan fingerprint density at radius 1 is 1.08 bits per heavy atom. The monoisotopic (exact) mass is 346 g/mol. The summed E-state index contributed by atoms with van der Waals surface area (Å²) in [5, 5.41) is 2.84. The molecule has 25 heavy (non-hydrogen) atoms. The van der Waals surface area contributed by atoms with Crippen LogP contribution in [-0.4, -0.2) is 38.8 Å². The van der Waals surface area contributed by atoms with E-state index in [0.29, 0.717) is 35.3 Å². The molecule has 0 saturated heterocycles. The van der Waals surface area contributed by atoms with Crippen molar-refractivity contribution in [2.24, 2.45) is 0 Å². The van der Waals surface area contributed by atoms with Crippen molar-refractivity contribution in [3.63, 3.8) is 0 Å². The topological polar surface area (TPSA) is 78.9 Å². The first-order valence-electron chi connectivity index (χ1n) is 7.79. The Labute approximate surface area is 146 Å². The smallest absolute Gasteiger partial charge is 0.255 e. The van der Waals surface area contributed by atoms with Crippen molar-refractivity contribution in [2.75, 3.05) is 27.9 Å². The van der Waals surface area contributed by atoms with E-state index in [1.54, 1.807) is 24.4 Å². The number of carbonyl (C=O) groups excluding carboxylic acids is 1. The number of pyridine rings is 1. The van der Waals surface area contributed by atoms with Crippen LogP contribution in [0.2, 0.25) is 0 Å². The molecule has 0 aliphatic heterocycles. The molecule has 1 heterocycles. The molecule has 0 spiro atoms. The number of hydrogen-bond donors (Lipinski definition) is 1. The number of nitrogens with one attached hydrogen (secondary N) is 1. The highest BCUT2D eigenvalue weighted by Gasteiger charge is 2.18. The van der Waals surface area contributed by atoms with E-state index >= 15 is 0 Å². The van der Waals surface area contributed by atoms with Gasteiger partial charge in [0.2, 0.25) is 5.88 Å². The summed E-state index contributed by atoms with van der Waals surface area (Å²) in [6.07, 6.45) is 1.65. The van der Waals surface area contributed by atoms with E-state index in [4.69, 9.17) is 18.9 Å². The van der Waals surface area contributed by atoms with Gasteiger partial charge in [-0.2, -0.15) is 0 Å². The fourth-order valence-corrected chi connectivity index (χ4v) is 2.30. The quantitative estimate of drug-likeness (QED) is 0.791. The Hall–Kier alpha value is -2.96. The number of hydrogen-bond acceptors (Lipinski definition) is 6. The average Bonchev–Trinajstić information content (AvgIpc) is 2.66. The highest BCUT2D eigenvalue weighted by Crippen LogP contribution is 2.34. The summed E-state index contributed by atoms with van der Waals surface area (Å²) < 4.78 is 21.2. The fraction of sp³-hybridized carbons (Fsp3) is 0.333. The Balaban J connectivity index is 2.21. The van der Waals surface area contributed by atoms with Crippen molar-refractivity contribution in [3.05, 3.63) is 41.6 Å². The van der Waals surface area contributed by atoms with Gasteiger partial charge in [-0.05, 0) is 13.0 Å². The Bertz CT molecular complexity index is 733. The largest absolute Gasteiger partial charge is 0.496 e. The summed E-state index contributed by atoms with van der Waals surface area (Å²) in [5.74, 6) is 1.53. The summed E-state index contributed by atoms with van der Waals surface area (Å²) in [5.41, 5.74) is 1.14. The molecule has 2 rings (SSSR count). The lowest BCUT2D eigenvalue weighted by Gasteiger charge is -2.14.